The number of halogens is 2. The Morgan fingerprint density at radius 1 is 1.50 bits per heavy atom. The summed E-state index contributed by atoms with van der Waals surface area (Å²) in [5.74, 6) is 0.207. The van der Waals surface area contributed by atoms with Crippen LogP contribution in [-0.4, -0.2) is 38.9 Å². The van der Waals surface area contributed by atoms with Crippen LogP contribution in [0.5, 0.6) is 5.75 Å². The van der Waals surface area contributed by atoms with Crippen LogP contribution in [0.1, 0.15) is 5.56 Å². The quantitative estimate of drug-likeness (QED) is 0.368. The van der Waals surface area contributed by atoms with E-state index in [0.29, 0.717) is 17.9 Å². The number of benzene rings is 1. The Bertz CT molecular complexity index is 776. The Kier molecular flexibility index (Phi) is 6.44. The second kappa shape index (κ2) is 8.55. The molecule has 126 valence electrons. The lowest BCUT2D eigenvalue weighted by Gasteiger charge is -2.10. The van der Waals surface area contributed by atoms with E-state index in [4.69, 9.17) is 10.5 Å². The van der Waals surface area contributed by atoms with Gasteiger partial charge in [-0.1, -0.05) is 33.7 Å². The topological polar surface area (TPSA) is 120 Å². The molecule has 11 heteroatoms. The van der Waals surface area contributed by atoms with Gasteiger partial charge in [0.05, 0.1) is 10.7 Å². The number of rotatable bonds is 7. The first kappa shape index (κ1) is 18.1. The molecule has 0 bridgehead atoms. The first-order valence-corrected chi connectivity index (χ1v) is 8.16. The van der Waals surface area contributed by atoms with Gasteiger partial charge in [0.25, 0.3) is 5.91 Å². The van der Waals surface area contributed by atoms with E-state index in [-0.39, 0.29) is 12.5 Å². The van der Waals surface area contributed by atoms with Gasteiger partial charge in [0.1, 0.15) is 18.9 Å². The third-order valence-corrected chi connectivity index (χ3v) is 3.68. The second-order valence-corrected chi connectivity index (χ2v) is 6.16. The summed E-state index contributed by atoms with van der Waals surface area (Å²) in [6, 6.07) is 3.65. The lowest BCUT2D eigenvalue weighted by molar-refractivity contribution is -0.121. The van der Waals surface area contributed by atoms with E-state index in [9.17, 15) is 4.79 Å². The Hall–Kier alpha value is -2.27. The van der Waals surface area contributed by atoms with E-state index in [1.165, 1.54) is 6.21 Å². The highest BCUT2D eigenvalue weighted by atomic mass is 79.9. The molecular weight excluding hydrogens is 446 g/mol. The van der Waals surface area contributed by atoms with Gasteiger partial charge < -0.3 is 10.5 Å². The van der Waals surface area contributed by atoms with Crippen molar-refractivity contribution in [3.8, 4) is 5.75 Å². The maximum Gasteiger partial charge on any atom is 0.261 e. The largest absolute Gasteiger partial charge is 0.488 e. The fourth-order valence-corrected chi connectivity index (χ4v) is 3.01. The van der Waals surface area contributed by atoms with Gasteiger partial charge in [-0.25, -0.2) is 10.1 Å². The molecule has 1 heterocycles. The highest BCUT2D eigenvalue weighted by Gasteiger charge is 2.10. The lowest BCUT2D eigenvalue weighted by atomic mass is 10.2. The third-order valence-electron chi connectivity index (χ3n) is 2.63. The average Bonchev–Trinajstić information content (AvgIpc) is 2.91. The van der Waals surface area contributed by atoms with Gasteiger partial charge in [-0.3, -0.25) is 4.79 Å². The number of nitrogen functional groups attached to an aromatic ring is 1. The van der Waals surface area contributed by atoms with Crippen molar-refractivity contribution < 1.29 is 9.53 Å². The minimum absolute atomic E-state index is 0.0464. The van der Waals surface area contributed by atoms with Crippen molar-refractivity contribution in [2.24, 2.45) is 5.10 Å². The van der Waals surface area contributed by atoms with E-state index in [1.54, 1.807) is 12.1 Å². The fraction of sp³-hybridized carbons (Fsp3) is 0.154. The monoisotopic (exact) mass is 457 g/mol. The molecule has 0 unspecified atom stereocenters. The Morgan fingerprint density at radius 2 is 2.29 bits per heavy atom. The number of aromatic nitrogens is 4. The summed E-state index contributed by atoms with van der Waals surface area (Å²) >= 11 is 6.81. The smallest absolute Gasteiger partial charge is 0.261 e. The van der Waals surface area contributed by atoms with Crippen LogP contribution < -0.4 is 15.9 Å². The molecule has 0 radical (unpaired) electrons. The van der Waals surface area contributed by atoms with Crippen molar-refractivity contribution in [2.75, 3.05) is 12.3 Å². The molecule has 0 saturated heterocycles. The number of hydrogen-bond donors (Lipinski definition) is 2. The molecule has 0 atom stereocenters. The molecule has 2 aromatic rings. The lowest BCUT2D eigenvalue weighted by Crippen LogP contribution is -2.24. The van der Waals surface area contributed by atoms with Crippen LogP contribution in [0.15, 0.2) is 38.8 Å². The Labute approximate surface area is 154 Å². The molecule has 1 amide bonds. The molecule has 3 N–H and O–H groups in total. The molecule has 0 aliphatic heterocycles. The number of ether oxygens (including phenoxy) is 1. The highest BCUT2D eigenvalue weighted by Crippen LogP contribution is 2.32. The summed E-state index contributed by atoms with van der Waals surface area (Å²) in [5.41, 5.74) is 8.52. The van der Waals surface area contributed by atoms with Crippen molar-refractivity contribution in [3.05, 3.63) is 39.3 Å². The molecule has 2 rings (SSSR count). The predicted molar refractivity (Wildman–Crippen MR) is 95.5 cm³/mol. The first-order valence-electron chi connectivity index (χ1n) is 6.57. The zero-order chi connectivity index (χ0) is 17.5. The van der Waals surface area contributed by atoms with Crippen molar-refractivity contribution >= 4 is 49.9 Å². The average molecular weight is 459 g/mol. The summed E-state index contributed by atoms with van der Waals surface area (Å²) in [6.07, 6.45) is 3.10. The first-order chi connectivity index (χ1) is 11.5. The summed E-state index contributed by atoms with van der Waals surface area (Å²) in [4.78, 5) is 11.8. The minimum atomic E-state index is -0.423. The number of anilines is 1. The summed E-state index contributed by atoms with van der Waals surface area (Å²) in [7, 11) is 0. The molecule has 1 aromatic carbocycles. The van der Waals surface area contributed by atoms with Gasteiger partial charge in [-0.2, -0.15) is 5.10 Å². The number of tetrazole rings is 1. The maximum atomic E-state index is 11.8. The highest BCUT2D eigenvalue weighted by molar-refractivity contribution is 9.11. The molecule has 24 heavy (non-hydrogen) atoms. The van der Waals surface area contributed by atoms with Crippen LogP contribution in [-0.2, 0) is 11.3 Å². The maximum absolute atomic E-state index is 11.8. The number of hydrogen-bond acceptors (Lipinski definition) is 7. The molecule has 0 saturated carbocycles. The van der Waals surface area contributed by atoms with Gasteiger partial charge in [-0.15, -0.1) is 0 Å². The molecule has 0 spiro atoms. The van der Waals surface area contributed by atoms with E-state index in [1.807, 2.05) is 6.07 Å². The van der Waals surface area contributed by atoms with E-state index in [2.05, 4.69) is 64.5 Å². The van der Waals surface area contributed by atoms with Gasteiger partial charge >= 0.3 is 0 Å². The van der Waals surface area contributed by atoms with Crippen LogP contribution >= 0.6 is 31.9 Å². The number of hydrazone groups is 1. The number of carbonyl (C=O) groups excluding carboxylic acids is 1. The van der Waals surface area contributed by atoms with Gasteiger partial charge in [-0.05, 0) is 38.5 Å². The third kappa shape index (κ3) is 4.86. The normalized spacial score (nSPS) is 10.8. The molecule has 9 nitrogen and oxygen atoms in total. The summed E-state index contributed by atoms with van der Waals surface area (Å²) in [5, 5.41) is 14.3. The number of carbonyl (C=O) groups is 1. The molecule has 0 aliphatic rings. The van der Waals surface area contributed by atoms with E-state index >= 15 is 0 Å². The molecule has 0 fully saturated rings. The van der Waals surface area contributed by atoms with Crippen molar-refractivity contribution in [1.82, 2.24) is 25.6 Å². The van der Waals surface area contributed by atoms with Crippen LogP contribution in [0.4, 0.5) is 5.95 Å². The Morgan fingerprint density at radius 3 is 2.96 bits per heavy atom. The zero-order valence-electron chi connectivity index (χ0n) is 12.3. The van der Waals surface area contributed by atoms with Crippen molar-refractivity contribution in [2.45, 2.75) is 6.54 Å². The summed E-state index contributed by atoms with van der Waals surface area (Å²) in [6.45, 7) is 3.81. The van der Waals surface area contributed by atoms with E-state index < -0.39 is 5.91 Å². The second-order valence-electron chi connectivity index (χ2n) is 4.39. The van der Waals surface area contributed by atoms with Crippen LogP contribution in [0, 0.1) is 0 Å². The number of nitrogens with two attached hydrogens (primary N) is 1. The standard InChI is InChI=1S/C13H13Br2N7O2/c1-2-3-24-12-8(4-9(14)5-10(12)15)6-17-18-11(23)7-22-13(16)19-20-21-22/h2,4-6H,1,3,7H2,(H,18,23)(H2,16,19,21). The number of nitrogens with one attached hydrogen (secondary N) is 1. The van der Waals surface area contributed by atoms with Crippen molar-refractivity contribution in [3.63, 3.8) is 0 Å². The number of nitrogens with zero attached hydrogens (tertiary/aromatic N) is 5. The number of amides is 1. The SMILES string of the molecule is C=CCOc1c(Br)cc(Br)cc1C=NNC(=O)Cn1nnnc1N. The minimum Gasteiger partial charge on any atom is -0.488 e. The molecule has 1 aromatic heterocycles. The zero-order valence-corrected chi connectivity index (χ0v) is 15.5. The predicted octanol–water partition coefficient (Wildman–Crippen LogP) is 1.50. The van der Waals surface area contributed by atoms with E-state index in [0.717, 1.165) is 13.6 Å². The van der Waals surface area contributed by atoms with Crippen molar-refractivity contribution in [1.29, 1.82) is 0 Å². The molecule has 0 aliphatic carbocycles. The van der Waals surface area contributed by atoms with Crippen LogP contribution in [0.2, 0.25) is 0 Å². The van der Waals surface area contributed by atoms with Crippen LogP contribution in [0.25, 0.3) is 0 Å². The van der Waals surface area contributed by atoms with Gasteiger partial charge in [0.15, 0.2) is 0 Å². The summed E-state index contributed by atoms with van der Waals surface area (Å²) < 4.78 is 8.32. The Balaban J connectivity index is 2.06. The fourth-order valence-electron chi connectivity index (χ4n) is 1.64. The van der Waals surface area contributed by atoms with Crippen LogP contribution in [0.3, 0.4) is 0 Å². The van der Waals surface area contributed by atoms with Gasteiger partial charge in [0.2, 0.25) is 5.95 Å². The van der Waals surface area contributed by atoms with Gasteiger partial charge in [0, 0.05) is 10.0 Å². The molecular formula is C13H13Br2N7O2.